The van der Waals surface area contributed by atoms with Crippen LogP contribution in [0.5, 0.6) is 0 Å². The summed E-state index contributed by atoms with van der Waals surface area (Å²) in [6, 6.07) is 7.86. The van der Waals surface area contributed by atoms with Gasteiger partial charge in [-0.3, -0.25) is 0 Å². The van der Waals surface area contributed by atoms with E-state index in [1.54, 1.807) is 0 Å². The number of hydrogen-bond acceptors (Lipinski definition) is 4. The minimum Gasteiger partial charge on any atom is -0.336 e. The second kappa shape index (κ2) is 8.58. The first-order chi connectivity index (χ1) is 16.7. The number of hydrogen-bond donors (Lipinski definition) is 0. The summed E-state index contributed by atoms with van der Waals surface area (Å²) in [7, 11) is 0. The smallest absolute Gasteiger partial charge is 0.336 e. The molecule has 2 heterocycles. The highest BCUT2D eigenvalue weighted by Gasteiger charge is 2.38. The molecule has 0 amide bonds. The minimum absolute atomic E-state index is 0.116. The number of nitriles is 1. The number of benzene rings is 2. The molecule has 0 radical (unpaired) electrons. The molecule has 0 aliphatic rings. The quantitative estimate of drug-likeness (QED) is 0.280. The lowest BCUT2D eigenvalue weighted by atomic mass is 10.0. The van der Waals surface area contributed by atoms with Crippen LogP contribution in [-0.2, 0) is 25.3 Å². The number of halogens is 9. The molecule has 2 aromatic heterocycles. The van der Waals surface area contributed by atoms with Crippen molar-refractivity contribution in [2.24, 2.45) is 0 Å². The topological polar surface area (TPSA) is 67.6 Å². The molecule has 0 saturated heterocycles. The van der Waals surface area contributed by atoms with Crippen molar-refractivity contribution in [2.75, 3.05) is 0 Å². The van der Waals surface area contributed by atoms with Gasteiger partial charge in [-0.05, 0) is 36.4 Å². The molecule has 14 heteroatoms. The number of fused-ring (bicyclic) bond motifs is 1. The Hall–Kier alpha value is -4.02. The maximum absolute atomic E-state index is 13.7. The molecule has 0 N–H and O–H groups in total. The molecule has 4 rings (SSSR count). The third-order valence-corrected chi connectivity index (χ3v) is 5.16. The van der Waals surface area contributed by atoms with Crippen molar-refractivity contribution in [3.8, 4) is 17.5 Å². The van der Waals surface area contributed by atoms with Gasteiger partial charge in [-0.25, -0.2) is 0 Å². The molecular formula is C22H11F9N4O. The Kier molecular flexibility index (Phi) is 5.98. The molecule has 36 heavy (non-hydrogen) atoms. The summed E-state index contributed by atoms with van der Waals surface area (Å²) in [5, 5.41) is 12.0. The average Bonchev–Trinajstić information content (AvgIpc) is 3.36. The largest absolute Gasteiger partial charge is 0.418 e. The van der Waals surface area contributed by atoms with Crippen molar-refractivity contribution in [3.05, 3.63) is 70.7 Å². The fraction of sp³-hybridized carbons (Fsp3) is 0.227. The van der Waals surface area contributed by atoms with Crippen LogP contribution in [0.1, 0.15) is 28.2 Å². The zero-order valence-corrected chi connectivity index (χ0v) is 17.6. The summed E-state index contributed by atoms with van der Waals surface area (Å²) < 4.78 is 125. The summed E-state index contributed by atoms with van der Waals surface area (Å²) in [6.45, 7) is -0.583. The van der Waals surface area contributed by atoms with E-state index in [2.05, 4.69) is 10.1 Å². The minimum atomic E-state index is -5.03. The molecule has 4 aromatic rings. The summed E-state index contributed by atoms with van der Waals surface area (Å²) >= 11 is 0. The second-order valence-corrected chi connectivity index (χ2v) is 7.64. The van der Waals surface area contributed by atoms with Gasteiger partial charge < -0.3 is 9.09 Å². The average molecular weight is 518 g/mol. The molecule has 0 saturated carbocycles. The SMILES string of the molecule is N#Cc1ccc2c(cc(CC(F)(F)F)n2Cc2noc(-c3cccc(C(F)(F)F)c3)n2)c1C(F)(F)F. The van der Waals surface area contributed by atoms with Gasteiger partial charge in [0.25, 0.3) is 5.89 Å². The fourth-order valence-corrected chi connectivity index (χ4v) is 3.73. The molecular weight excluding hydrogens is 507 g/mol. The Labute approximate surface area is 195 Å². The van der Waals surface area contributed by atoms with Crippen molar-refractivity contribution in [1.29, 1.82) is 5.26 Å². The van der Waals surface area contributed by atoms with Crippen molar-refractivity contribution in [2.45, 2.75) is 31.5 Å². The molecule has 0 bridgehead atoms. The van der Waals surface area contributed by atoms with Crippen LogP contribution in [-0.4, -0.2) is 20.9 Å². The van der Waals surface area contributed by atoms with Gasteiger partial charge >= 0.3 is 18.5 Å². The highest BCUT2D eigenvalue weighted by atomic mass is 19.4. The fourth-order valence-electron chi connectivity index (χ4n) is 3.73. The lowest BCUT2D eigenvalue weighted by Gasteiger charge is -2.12. The zero-order valence-electron chi connectivity index (χ0n) is 17.6. The highest BCUT2D eigenvalue weighted by Crippen LogP contribution is 2.40. The summed E-state index contributed by atoms with van der Waals surface area (Å²) in [4.78, 5) is 3.91. The second-order valence-electron chi connectivity index (χ2n) is 7.64. The van der Waals surface area contributed by atoms with E-state index in [4.69, 9.17) is 9.78 Å². The number of aromatic nitrogens is 3. The van der Waals surface area contributed by atoms with E-state index < -0.39 is 59.3 Å². The predicted molar refractivity (Wildman–Crippen MR) is 105 cm³/mol. The molecule has 0 unspecified atom stereocenters. The van der Waals surface area contributed by atoms with Gasteiger partial charge in [-0.15, -0.1) is 0 Å². The van der Waals surface area contributed by atoms with Gasteiger partial charge in [-0.2, -0.15) is 49.8 Å². The van der Waals surface area contributed by atoms with Crippen LogP contribution in [0.4, 0.5) is 39.5 Å². The van der Waals surface area contributed by atoms with Crippen LogP contribution in [0.25, 0.3) is 22.4 Å². The van der Waals surface area contributed by atoms with Crippen LogP contribution < -0.4 is 0 Å². The third-order valence-electron chi connectivity index (χ3n) is 5.16. The molecule has 0 atom stereocenters. The highest BCUT2D eigenvalue weighted by molar-refractivity contribution is 5.87. The van der Waals surface area contributed by atoms with Gasteiger partial charge in [0.05, 0.1) is 35.7 Å². The van der Waals surface area contributed by atoms with E-state index in [1.165, 1.54) is 12.1 Å². The van der Waals surface area contributed by atoms with E-state index >= 15 is 0 Å². The Bertz CT molecular complexity index is 1470. The van der Waals surface area contributed by atoms with Crippen molar-refractivity contribution >= 4 is 10.9 Å². The van der Waals surface area contributed by atoms with E-state index in [0.29, 0.717) is 6.07 Å². The van der Waals surface area contributed by atoms with Crippen LogP contribution >= 0.6 is 0 Å². The Morgan fingerprint density at radius 1 is 0.917 bits per heavy atom. The molecule has 0 fully saturated rings. The molecule has 0 aliphatic carbocycles. The summed E-state index contributed by atoms with van der Waals surface area (Å²) in [5.74, 6) is -0.658. The van der Waals surface area contributed by atoms with Crippen molar-refractivity contribution in [1.82, 2.24) is 14.7 Å². The zero-order chi connectivity index (χ0) is 26.5. The maximum Gasteiger partial charge on any atom is 0.418 e. The van der Waals surface area contributed by atoms with Crippen LogP contribution in [0.3, 0.4) is 0 Å². The predicted octanol–water partition coefficient (Wildman–Crippen LogP) is 6.75. The summed E-state index contributed by atoms with van der Waals surface area (Å²) in [5.41, 5.74) is -4.11. The molecule has 2 aromatic carbocycles. The number of rotatable bonds is 4. The Morgan fingerprint density at radius 3 is 2.25 bits per heavy atom. The lowest BCUT2D eigenvalue weighted by Crippen LogP contribution is -2.16. The number of alkyl halides is 9. The monoisotopic (exact) mass is 518 g/mol. The Morgan fingerprint density at radius 2 is 1.64 bits per heavy atom. The molecule has 0 spiro atoms. The van der Waals surface area contributed by atoms with Crippen LogP contribution in [0.2, 0.25) is 0 Å². The summed E-state index contributed by atoms with van der Waals surface area (Å²) in [6.07, 6.45) is -16.1. The van der Waals surface area contributed by atoms with Crippen LogP contribution in [0.15, 0.2) is 47.0 Å². The molecule has 188 valence electrons. The first kappa shape index (κ1) is 25.1. The van der Waals surface area contributed by atoms with E-state index in [0.717, 1.165) is 34.9 Å². The first-order valence-corrected chi connectivity index (χ1v) is 9.87. The van der Waals surface area contributed by atoms with Gasteiger partial charge in [0.2, 0.25) is 0 Å². The number of nitrogens with zero attached hydrogens (tertiary/aromatic N) is 4. The van der Waals surface area contributed by atoms with Crippen LogP contribution in [0, 0.1) is 11.3 Å². The third kappa shape index (κ3) is 5.00. The Balaban J connectivity index is 1.81. The lowest BCUT2D eigenvalue weighted by molar-refractivity contribution is -0.138. The first-order valence-electron chi connectivity index (χ1n) is 9.87. The van der Waals surface area contributed by atoms with E-state index in [-0.39, 0.29) is 22.8 Å². The molecule has 0 aliphatic heterocycles. The maximum atomic E-state index is 13.7. The van der Waals surface area contributed by atoms with Crippen molar-refractivity contribution < 1.29 is 44.0 Å². The van der Waals surface area contributed by atoms with Gasteiger partial charge in [-0.1, -0.05) is 11.2 Å². The van der Waals surface area contributed by atoms with E-state index in [1.807, 2.05) is 0 Å². The normalized spacial score (nSPS) is 12.8. The van der Waals surface area contributed by atoms with Gasteiger partial charge in [0.15, 0.2) is 5.82 Å². The van der Waals surface area contributed by atoms with Gasteiger partial charge in [0, 0.05) is 22.2 Å². The van der Waals surface area contributed by atoms with Crippen molar-refractivity contribution in [3.63, 3.8) is 0 Å². The van der Waals surface area contributed by atoms with E-state index in [9.17, 15) is 39.5 Å². The molecule has 5 nitrogen and oxygen atoms in total. The standard InChI is InChI=1S/C22H11F9N4O/c23-20(24,25)8-14-7-15-16(5-4-12(9-32)18(15)22(29,30)31)35(14)10-17-33-19(36-34-17)11-2-1-3-13(6-11)21(26,27)28/h1-7H,8,10H2. The van der Waals surface area contributed by atoms with Gasteiger partial charge in [0.1, 0.15) is 0 Å².